The lowest BCUT2D eigenvalue weighted by Crippen LogP contribution is -2.10. The Morgan fingerprint density at radius 1 is 1.00 bits per heavy atom. The molecule has 0 fully saturated rings. The number of aryl methyl sites for hydroxylation is 1. The molecule has 31 heavy (non-hydrogen) atoms. The van der Waals surface area contributed by atoms with Crippen molar-refractivity contribution in [3.63, 3.8) is 0 Å². The van der Waals surface area contributed by atoms with Gasteiger partial charge in [0.25, 0.3) is 10.1 Å². The molecule has 0 spiro atoms. The van der Waals surface area contributed by atoms with Gasteiger partial charge in [0.2, 0.25) is 0 Å². The van der Waals surface area contributed by atoms with E-state index < -0.39 is 10.1 Å². The molecule has 0 radical (unpaired) electrons. The minimum absolute atomic E-state index is 0.0124. The van der Waals surface area contributed by atoms with E-state index in [1.165, 1.54) is 12.1 Å². The van der Waals surface area contributed by atoms with Crippen LogP contribution < -0.4 is 10.5 Å². The van der Waals surface area contributed by atoms with Gasteiger partial charge in [0, 0.05) is 18.2 Å². The molecule has 0 bridgehead atoms. The zero-order valence-corrected chi connectivity index (χ0v) is 17.9. The van der Waals surface area contributed by atoms with Crippen molar-refractivity contribution < 1.29 is 17.3 Å². The van der Waals surface area contributed by atoms with Crippen molar-refractivity contribution in [1.29, 1.82) is 0 Å². The van der Waals surface area contributed by atoms with Crippen LogP contribution in [-0.4, -0.2) is 31.6 Å². The topological polar surface area (TPSA) is 107 Å². The molecular weight excluding hydrogens is 414 g/mol. The van der Waals surface area contributed by atoms with Gasteiger partial charge < -0.3 is 15.5 Å². The second-order valence-corrected chi connectivity index (χ2v) is 8.76. The van der Waals surface area contributed by atoms with E-state index in [0.29, 0.717) is 23.7 Å². The van der Waals surface area contributed by atoms with E-state index in [2.05, 4.69) is 9.97 Å². The summed E-state index contributed by atoms with van der Waals surface area (Å²) in [6.07, 6.45) is 0.388. The van der Waals surface area contributed by atoms with Crippen molar-refractivity contribution >= 4 is 26.8 Å². The first kappa shape index (κ1) is 20.9. The van der Waals surface area contributed by atoms with Gasteiger partial charge in [-0.25, -0.2) is 4.98 Å². The number of nitrogens with zero attached hydrogens (tertiary/aromatic N) is 1. The molecule has 0 atom stereocenters. The number of imidazole rings is 1. The van der Waals surface area contributed by atoms with Crippen LogP contribution in [0.25, 0.3) is 22.4 Å². The van der Waals surface area contributed by atoms with E-state index in [4.69, 9.17) is 14.7 Å². The average molecular weight is 438 g/mol. The van der Waals surface area contributed by atoms with Gasteiger partial charge in [-0.2, -0.15) is 8.42 Å². The summed E-state index contributed by atoms with van der Waals surface area (Å²) in [6, 6.07) is 19.7. The van der Waals surface area contributed by atoms with Crippen molar-refractivity contribution in [1.82, 2.24) is 9.97 Å². The first-order valence-corrected chi connectivity index (χ1v) is 11.3. The standard InChI is InChI=1S/C23H23N3O4S/c1-16-7-10-18(11-8-16)31(27,28)30-14-4-13-29-22-15-17(24)9-12-19(22)23-25-20-5-2-3-6-21(20)26-23/h2-3,5-12,15H,4,13-14,24H2,1H3,(H,25,26). The van der Waals surface area contributed by atoms with Gasteiger partial charge in [-0.1, -0.05) is 29.8 Å². The highest BCUT2D eigenvalue weighted by atomic mass is 32.2. The van der Waals surface area contributed by atoms with Crippen LogP contribution in [0.3, 0.4) is 0 Å². The number of anilines is 1. The molecule has 0 amide bonds. The molecular formula is C23H23N3O4S. The van der Waals surface area contributed by atoms with Crippen molar-refractivity contribution in [3.05, 3.63) is 72.3 Å². The zero-order chi connectivity index (χ0) is 21.8. The number of nitrogens with one attached hydrogen (secondary N) is 1. The molecule has 0 aliphatic heterocycles. The lowest BCUT2D eigenvalue weighted by molar-refractivity contribution is 0.251. The Balaban J connectivity index is 1.40. The van der Waals surface area contributed by atoms with Crippen LogP contribution in [0.15, 0.2) is 71.6 Å². The average Bonchev–Trinajstić information content (AvgIpc) is 3.18. The van der Waals surface area contributed by atoms with Gasteiger partial charge in [-0.05, 0) is 43.3 Å². The smallest absolute Gasteiger partial charge is 0.296 e. The summed E-state index contributed by atoms with van der Waals surface area (Å²) in [5.74, 6) is 1.25. The molecule has 4 rings (SSSR count). The Labute approximate surface area is 181 Å². The Hall–Kier alpha value is -3.36. The van der Waals surface area contributed by atoms with E-state index in [0.717, 1.165) is 22.2 Å². The third-order valence-corrected chi connectivity index (χ3v) is 6.07. The monoisotopic (exact) mass is 437 g/mol. The molecule has 0 saturated carbocycles. The molecule has 160 valence electrons. The fourth-order valence-corrected chi connectivity index (χ4v) is 4.06. The van der Waals surface area contributed by atoms with Crippen LogP contribution in [0.1, 0.15) is 12.0 Å². The highest BCUT2D eigenvalue weighted by molar-refractivity contribution is 7.86. The number of nitrogens with two attached hydrogens (primary N) is 1. The predicted molar refractivity (Wildman–Crippen MR) is 120 cm³/mol. The van der Waals surface area contributed by atoms with E-state index in [-0.39, 0.29) is 18.1 Å². The second kappa shape index (κ2) is 8.79. The number of rotatable bonds is 8. The van der Waals surface area contributed by atoms with Crippen molar-refractivity contribution in [2.75, 3.05) is 18.9 Å². The number of hydrogen-bond donors (Lipinski definition) is 2. The van der Waals surface area contributed by atoms with Crippen molar-refractivity contribution in [2.24, 2.45) is 0 Å². The van der Waals surface area contributed by atoms with Gasteiger partial charge in [-0.15, -0.1) is 0 Å². The summed E-state index contributed by atoms with van der Waals surface area (Å²) < 4.78 is 35.5. The minimum atomic E-state index is -3.79. The number of H-pyrrole nitrogens is 1. The second-order valence-electron chi connectivity index (χ2n) is 7.15. The Bertz CT molecular complexity index is 1270. The number of hydrogen-bond acceptors (Lipinski definition) is 6. The highest BCUT2D eigenvalue weighted by Gasteiger charge is 2.15. The van der Waals surface area contributed by atoms with E-state index >= 15 is 0 Å². The fraction of sp³-hybridized carbons (Fsp3) is 0.174. The Kier molecular flexibility index (Phi) is 5.92. The molecule has 7 nitrogen and oxygen atoms in total. The molecule has 3 N–H and O–H groups in total. The molecule has 0 unspecified atom stereocenters. The number of aromatic nitrogens is 2. The number of ether oxygens (including phenoxy) is 1. The molecule has 4 aromatic rings. The molecule has 1 heterocycles. The SMILES string of the molecule is Cc1ccc(S(=O)(=O)OCCCOc2cc(N)ccc2-c2nc3ccccc3[nH]2)cc1. The van der Waals surface area contributed by atoms with Crippen LogP contribution in [0.2, 0.25) is 0 Å². The van der Waals surface area contributed by atoms with Crippen LogP contribution >= 0.6 is 0 Å². The first-order chi connectivity index (χ1) is 14.9. The summed E-state index contributed by atoms with van der Waals surface area (Å²) in [4.78, 5) is 8.03. The highest BCUT2D eigenvalue weighted by Crippen LogP contribution is 2.31. The van der Waals surface area contributed by atoms with Gasteiger partial charge in [0.1, 0.15) is 11.6 Å². The molecule has 3 aromatic carbocycles. The summed E-state index contributed by atoms with van der Waals surface area (Å²) in [7, 11) is -3.79. The summed E-state index contributed by atoms with van der Waals surface area (Å²) in [6.45, 7) is 2.17. The number of benzene rings is 3. The molecule has 8 heteroatoms. The molecule has 0 aliphatic carbocycles. The van der Waals surface area contributed by atoms with E-state index in [9.17, 15) is 8.42 Å². The van der Waals surface area contributed by atoms with Crippen molar-refractivity contribution in [2.45, 2.75) is 18.2 Å². The van der Waals surface area contributed by atoms with Crippen LogP contribution in [0.4, 0.5) is 5.69 Å². The van der Waals surface area contributed by atoms with Crippen LogP contribution in [0.5, 0.6) is 5.75 Å². The Morgan fingerprint density at radius 3 is 2.55 bits per heavy atom. The van der Waals surface area contributed by atoms with Gasteiger partial charge in [0.15, 0.2) is 0 Å². The third kappa shape index (κ3) is 4.87. The number of aromatic amines is 1. The summed E-state index contributed by atoms with van der Waals surface area (Å²) in [5, 5.41) is 0. The third-order valence-electron chi connectivity index (χ3n) is 4.74. The number of para-hydroxylation sites is 2. The number of nitrogen functional groups attached to an aromatic ring is 1. The van der Waals surface area contributed by atoms with Gasteiger partial charge >= 0.3 is 0 Å². The Morgan fingerprint density at radius 2 is 1.77 bits per heavy atom. The maximum absolute atomic E-state index is 12.3. The molecule has 0 saturated heterocycles. The van der Waals surface area contributed by atoms with Crippen LogP contribution in [-0.2, 0) is 14.3 Å². The normalized spacial score (nSPS) is 11.6. The summed E-state index contributed by atoms with van der Waals surface area (Å²) in [5.41, 5.74) is 10.0. The molecule has 1 aromatic heterocycles. The van der Waals surface area contributed by atoms with E-state index in [1.54, 1.807) is 24.3 Å². The van der Waals surface area contributed by atoms with Crippen molar-refractivity contribution in [3.8, 4) is 17.1 Å². The molecule has 0 aliphatic rings. The summed E-state index contributed by atoms with van der Waals surface area (Å²) >= 11 is 0. The zero-order valence-electron chi connectivity index (χ0n) is 17.0. The minimum Gasteiger partial charge on any atom is -0.493 e. The maximum Gasteiger partial charge on any atom is 0.296 e. The van der Waals surface area contributed by atoms with Crippen LogP contribution in [0, 0.1) is 6.92 Å². The van der Waals surface area contributed by atoms with Gasteiger partial charge in [-0.3, -0.25) is 4.18 Å². The predicted octanol–water partition coefficient (Wildman–Crippen LogP) is 4.29. The first-order valence-electron chi connectivity index (χ1n) is 9.86. The fourth-order valence-electron chi connectivity index (χ4n) is 3.12. The van der Waals surface area contributed by atoms with Gasteiger partial charge in [0.05, 0.1) is 34.7 Å². The van der Waals surface area contributed by atoms with E-state index in [1.807, 2.05) is 37.3 Å². The lowest BCUT2D eigenvalue weighted by Gasteiger charge is -2.11. The maximum atomic E-state index is 12.3. The lowest BCUT2D eigenvalue weighted by atomic mass is 10.1. The number of fused-ring (bicyclic) bond motifs is 1. The quantitative estimate of drug-likeness (QED) is 0.242. The largest absolute Gasteiger partial charge is 0.493 e.